The largest absolute Gasteiger partial charge is 0.495 e. The van der Waals surface area contributed by atoms with Crippen LogP contribution in [0.1, 0.15) is 29.9 Å². The first-order valence-corrected chi connectivity index (χ1v) is 10.3. The molecule has 0 bridgehead atoms. The minimum atomic E-state index is -4.24. The molecular weight excluding hydrogens is 423 g/mol. The van der Waals surface area contributed by atoms with E-state index >= 15 is 0 Å². The topological polar surface area (TPSA) is 61.8 Å². The first kappa shape index (κ1) is 23.8. The molecule has 0 aliphatic carbocycles. The summed E-state index contributed by atoms with van der Waals surface area (Å²) in [5.41, 5.74) is 1.18. The molecule has 1 fully saturated rings. The molecule has 0 spiro atoms. The zero-order valence-corrected chi connectivity index (χ0v) is 18.6. The number of nitrogens with zero attached hydrogens (tertiary/aromatic N) is 5. The molecule has 1 aliphatic heterocycles. The molecular formula is C22H28F3N5O2. The van der Waals surface area contributed by atoms with Crippen LogP contribution in [0.15, 0.2) is 36.7 Å². The Morgan fingerprint density at radius 2 is 1.88 bits per heavy atom. The Bertz CT molecular complexity index is 911. The van der Waals surface area contributed by atoms with Crippen molar-refractivity contribution >= 4 is 11.7 Å². The van der Waals surface area contributed by atoms with Gasteiger partial charge in [0.25, 0.3) is 5.91 Å². The molecule has 1 amide bonds. The van der Waals surface area contributed by atoms with Crippen LogP contribution in [0.3, 0.4) is 0 Å². The maximum absolute atomic E-state index is 12.9. The van der Waals surface area contributed by atoms with Crippen molar-refractivity contribution in [2.75, 3.05) is 38.7 Å². The number of piperazine rings is 1. The van der Waals surface area contributed by atoms with Crippen LogP contribution >= 0.6 is 0 Å². The minimum absolute atomic E-state index is 0.192. The molecule has 1 aliphatic rings. The van der Waals surface area contributed by atoms with Gasteiger partial charge in [0.15, 0.2) is 0 Å². The molecule has 0 saturated carbocycles. The number of methoxy groups -OCH3 is 1. The molecule has 0 N–H and O–H groups in total. The fourth-order valence-electron chi connectivity index (χ4n) is 3.95. The van der Waals surface area contributed by atoms with Crippen LogP contribution in [-0.2, 0) is 6.54 Å². The van der Waals surface area contributed by atoms with E-state index in [0.29, 0.717) is 36.8 Å². The Hall–Kier alpha value is -2.88. The van der Waals surface area contributed by atoms with E-state index in [2.05, 4.69) is 9.97 Å². The molecule has 1 saturated heterocycles. The third-order valence-corrected chi connectivity index (χ3v) is 5.56. The second kappa shape index (κ2) is 9.72. The maximum atomic E-state index is 12.9. The molecule has 7 nitrogen and oxygen atoms in total. The van der Waals surface area contributed by atoms with Crippen LogP contribution in [0.5, 0.6) is 5.75 Å². The lowest BCUT2D eigenvalue weighted by Gasteiger charge is -2.45. The number of ether oxygens (including phenoxy) is 1. The molecule has 3 heterocycles. The number of aromatic nitrogens is 2. The lowest BCUT2D eigenvalue weighted by Crippen LogP contribution is -2.59. The van der Waals surface area contributed by atoms with Crippen LogP contribution in [0.4, 0.5) is 19.0 Å². The average Bonchev–Trinajstić information content (AvgIpc) is 2.75. The summed E-state index contributed by atoms with van der Waals surface area (Å²) >= 11 is 0. The lowest BCUT2D eigenvalue weighted by molar-refractivity contribution is -0.156. The van der Waals surface area contributed by atoms with Crippen LogP contribution in [0.2, 0.25) is 0 Å². The van der Waals surface area contributed by atoms with Gasteiger partial charge in [-0.3, -0.25) is 14.7 Å². The highest BCUT2D eigenvalue weighted by Crippen LogP contribution is 2.26. The summed E-state index contributed by atoms with van der Waals surface area (Å²) in [7, 11) is 3.25. The molecule has 0 radical (unpaired) electrons. The predicted molar refractivity (Wildman–Crippen MR) is 115 cm³/mol. The Kier molecular flexibility index (Phi) is 7.22. The van der Waals surface area contributed by atoms with Gasteiger partial charge in [0.2, 0.25) is 0 Å². The highest BCUT2D eigenvalue weighted by Gasteiger charge is 2.38. The number of amides is 1. The van der Waals surface area contributed by atoms with Gasteiger partial charge in [-0.05, 0) is 38.1 Å². The molecule has 2 atom stereocenters. The summed E-state index contributed by atoms with van der Waals surface area (Å²) < 4.78 is 43.8. The first-order chi connectivity index (χ1) is 15.1. The molecule has 2 aromatic heterocycles. The van der Waals surface area contributed by atoms with E-state index in [-0.39, 0.29) is 18.0 Å². The van der Waals surface area contributed by atoms with Gasteiger partial charge >= 0.3 is 6.18 Å². The fraction of sp³-hybridized carbons (Fsp3) is 0.500. The SMILES string of the molecule is COc1ccc(CN(C)C(=O)c2ccnc(N3C[C@@H](C)N(CC(F)(F)F)[C@@H](C)C3)c2)nc1. The number of pyridine rings is 2. The maximum Gasteiger partial charge on any atom is 0.401 e. The average molecular weight is 451 g/mol. The highest BCUT2D eigenvalue weighted by molar-refractivity contribution is 5.94. The molecule has 10 heteroatoms. The Morgan fingerprint density at radius 1 is 1.19 bits per heavy atom. The van der Waals surface area contributed by atoms with Gasteiger partial charge in [-0.1, -0.05) is 0 Å². The van der Waals surface area contributed by atoms with Crippen molar-refractivity contribution in [3.63, 3.8) is 0 Å². The van der Waals surface area contributed by atoms with Crippen molar-refractivity contribution in [1.82, 2.24) is 19.8 Å². The smallest absolute Gasteiger partial charge is 0.401 e. The summed E-state index contributed by atoms with van der Waals surface area (Å²) in [5, 5.41) is 0. The number of rotatable bonds is 6. The van der Waals surface area contributed by atoms with E-state index in [0.717, 1.165) is 5.69 Å². The monoisotopic (exact) mass is 451 g/mol. The van der Waals surface area contributed by atoms with E-state index < -0.39 is 12.7 Å². The quantitative estimate of drug-likeness (QED) is 0.672. The van der Waals surface area contributed by atoms with Gasteiger partial charge in [-0.2, -0.15) is 13.2 Å². The summed E-state index contributed by atoms with van der Waals surface area (Å²) in [6.07, 6.45) is -1.09. The Labute approximate surface area is 185 Å². The zero-order chi connectivity index (χ0) is 23.5. The molecule has 0 aromatic carbocycles. The third kappa shape index (κ3) is 5.87. The van der Waals surface area contributed by atoms with Gasteiger partial charge in [-0.25, -0.2) is 4.98 Å². The van der Waals surface area contributed by atoms with Crippen molar-refractivity contribution in [3.8, 4) is 5.75 Å². The van der Waals surface area contributed by atoms with E-state index in [1.165, 1.54) is 4.90 Å². The number of hydrogen-bond acceptors (Lipinski definition) is 6. The Balaban J connectivity index is 1.68. The third-order valence-electron chi connectivity index (χ3n) is 5.56. The molecule has 2 aromatic rings. The minimum Gasteiger partial charge on any atom is -0.495 e. The fourth-order valence-corrected chi connectivity index (χ4v) is 3.95. The van der Waals surface area contributed by atoms with Gasteiger partial charge in [0, 0.05) is 44.0 Å². The second-order valence-corrected chi connectivity index (χ2v) is 8.14. The van der Waals surface area contributed by atoms with Gasteiger partial charge in [0.05, 0.1) is 32.1 Å². The van der Waals surface area contributed by atoms with Gasteiger partial charge in [-0.15, -0.1) is 0 Å². The van der Waals surface area contributed by atoms with Crippen molar-refractivity contribution < 1.29 is 22.7 Å². The summed E-state index contributed by atoms with van der Waals surface area (Å²) in [6.45, 7) is 3.75. The lowest BCUT2D eigenvalue weighted by atomic mass is 10.1. The van der Waals surface area contributed by atoms with Crippen LogP contribution in [0, 0.1) is 0 Å². The number of anilines is 1. The van der Waals surface area contributed by atoms with E-state index in [1.807, 2.05) is 4.90 Å². The van der Waals surface area contributed by atoms with E-state index in [9.17, 15) is 18.0 Å². The number of halogens is 3. The van der Waals surface area contributed by atoms with Crippen LogP contribution in [-0.4, -0.2) is 77.7 Å². The summed E-state index contributed by atoms with van der Waals surface area (Å²) in [6, 6.07) is 6.31. The summed E-state index contributed by atoms with van der Waals surface area (Å²) in [4.78, 5) is 26.5. The molecule has 0 unspecified atom stereocenters. The first-order valence-electron chi connectivity index (χ1n) is 10.3. The van der Waals surface area contributed by atoms with E-state index in [1.54, 1.807) is 69.6 Å². The number of carbonyl (C=O) groups is 1. The number of carbonyl (C=O) groups excluding carboxylic acids is 1. The number of alkyl halides is 3. The predicted octanol–water partition coefficient (Wildman–Crippen LogP) is 3.22. The van der Waals surface area contributed by atoms with Gasteiger partial charge in [0.1, 0.15) is 11.6 Å². The van der Waals surface area contributed by atoms with Crippen LogP contribution < -0.4 is 9.64 Å². The second-order valence-electron chi connectivity index (χ2n) is 8.14. The highest BCUT2D eigenvalue weighted by atomic mass is 19.4. The molecule has 32 heavy (non-hydrogen) atoms. The molecule has 174 valence electrons. The van der Waals surface area contributed by atoms with Crippen molar-refractivity contribution in [1.29, 1.82) is 0 Å². The molecule has 3 rings (SSSR count). The number of hydrogen-bond donors (Lipinski definition) is 0. The zero-order valence-electron chi connectivity index (χ0n) is 18.6. The van der Waals surface area contributed by atoms with E-state index in [4.69, 9.17) is 4.74 Å². The van der Waals surface area contributed by atoms with Crippen LogP contribution in [0.25, 0.3) is 0 Å². The standard InChI is InChI=1S/C22H28F3N5O2/c1-15-11-29(12-16(2)30(15)14-22(23,24)25)20-9-17(7-8-26-20)21(31)28(3)13-18-5-6-19(32-4)10-27-18/h5-10,15-16H,11-14H2,1-4H3/t15-,16+. The van der Waals surface area contributed by atoms with Crippen molar-refractivity contribution in [3.05, 3.63) is 47.9 Å². The van der Waals surface area contributed by atoms with Crippen molar-refractivity contribution in [2.24, 2.45) is 0 Å². The Morgan fingerprint density at radius 3 is 2.44 bits per heavy atom. The van der Waals surface area contributed by atoms with Gasteiger partial charge < -0.3 is 14.5 Å². The summed E-state index contributed by atoms with van der Waals surface area (Å²) in [5.74, 6) is 1.03. The van der Waals surface area contributed by atoms with Crippen molar-refractivity contribution in [2.45, 2.75) is 38.7 Å². The normalized spacial score (nSPS) is 19.7.